The molecular formula is C11H13FN2O2. The van der Waals surface area contributed by atoms with E-state index >= 15 is 0 Å². The number of halogens is 1. The number of carbonyl (C=O) groups excluding carboxylic acids is 1. The van der Waals surface area contributed by atoms with E-state index in [1.54, 1.807) is 14.0 Å². The molecule has 0 saturated carbocycles. The molecule has 1 atom stereocenters. The van der Waals surface area contributed by atoms with Crippen molar-refractivity contribution in [2.75, 3.05) is 17.7 Å². The molecule has 1 aromatic carbocycles. The Kier molecular flexibility index (Phi) is 2.46. The SMILES string of the molecule is CC1CC(=O)N(C)c2cc(F)cc(N)c2O1. The van der Waals surface area contributed by atoms with E-state index < -0.39 is 5.82 Å². The number of nitrogens with two attached hydrogens (primary N) is 1. The Hall–Kier alpha value is -1.78. The number of rotatable bonds is 0. The van der Waals surface area contributed by atoms with Gasteiger partial charge in [-0.05, 0) is 6.92 Å². The molecule has 1 heterocycles. The Morgan fingerprint density at radius 3 is 2.94 bits per heavy atom. The summed E-state index contributed by atoms with van der Waals surface area (Å²) in [7, 11) is 1.58. The van der Waals surface area contributed by atoms with Gasteiger partial charge in [-0.25, -0.2) is 4.39 Å². The molecule has 0 fully saturated rings. The van der Waals surface area contributed by atoms with Crippen LogP contribution in [0.5, 0.6) is 5.75 Å². The number of hydrogen-bond donors (Lipinski definition) is 1. The predicted molar refractivity (Wildman–Crippen MR) is 58.9 cm³/mol. The lowest BCUT2D eigenvalue weighted by Crippen LogP contribution is -2.27. The Balaban J connectivity index is 2.59. The average molecular weight is 224 g/mol. The number of nitrogens with zero attached hydrogens (tertiary/aromatic N) is 1. The Morgan fingerprint density at radius 1 is 1.56 bits per heavy atom. The molecule has 1 amide bonds. The van der Waals surface area contributed by atoms with Crippen molar-refractivity contribution >= 4 is 17.3 Å². The lowest BCUT2D eigenvalue weighted by atomic mass is 10.2. The fourth-order valence-electron chi connectivity index (χ4n) is 1.74. The highest BCUT2D eigenvalue weighted by atomic mass is 19.1. The van der Waals surface area contributed by atoms with E-state index in [1.807, 2.05) is 0 Å². The fourth-order valence-corrected chi connectivity index (χ4v) is 1.74. The van der Waals surface area contributed by atoms with Gasteiger partial charge in [-0.1, -0.05) is 0 Å². The minimum Gasteiger partial charge on any atom is -0.486 e. The molecule has 1 aliphatic heterocycles. The van der Waals surface area contributed by atoms with Crippen molar-refractivity contribution < 1.29 is 13.9 Å². The predicted octanol–water partition coefficient (Wildman–Crippen LogP) is 1.54. The van der Waals surface area contributed by atoms with Crippen LogP contribution in [0.4, 0.5) is 15.8 Å². The first-order valence-electron chi connectivity index (χ1n) is 5.01. The third-order valence-corrected chi connectivity index (χ3v) is 2.58. The number of hydrogen-bond acceptors (Lipinski definition) is 3. The van der Waals surface area contributed by atoms with Crippen molar-refractivity contribution in [2.24, 2.45) is 0 Å². The average Bonchev–Trinajstić information content (AvgIpc) is 2.29. The summed E-state index contributed by atoms with van der Waals surface area (Å²) < 4.78 is 18.7. The quantitative estimate of drug-likeness (QED) is 0.680. The highest BCUT2D eigenvalue weighted by Crippen LogP contribution is 2.38. The molecule has 0 radical (unpaired) electrons. The van der Waals surface area contributed by atoms with Crippen LogP contribution in [0.3, 0.4) is 0 Å². The largest absolute Gasteiger partial charge is 0.486 e. The van der Waals surface area contributed by atoms with Crippen molar-refractivity contribution in [3.8, 4) is 5.75 Å². The normalized spacial score (nSPS) is 20.1. The van der Waals surface area contributed by atoms with Crippen LogP contribution in [0.25, 0.3) is 0 Å². The molecule has 0 bridgehead atoms. The highest BCUT2D eigenvalue weighted by molar-refractivity contribution is 5.96. The van der Waals surface area contributed by atoms with Gasteiger partial charge in [0.15, 0.2) is 5.75 Å². The first-order valence-corrected chi connectivity index (χ1v) is 5.01. The molecule has 86 valence electrons. The summed E-state index contributed by atoms with van der Waals surface area (Å²) in [6.07, 6.45) is -0.00403. The van der Waals surface area contributed by atoms with Crippen LogP contribution in [-0.2, 0) is 4.79 Å². The molecule has 1 unspecified atom stereocenters. The molecule has 0 spiro atoms. The standard InChI is InChI=1S/C11H13FN2O2/c1-6-3-10(15)14(2)9-5-7(12)4-8(13)11(9)16-6/h4-6H,3,13H2,1-2H3. The third-order valence-electron chi connectivity index (χ3n) is 2.58. The highest BCUT2D eigenvalue weighted by Gasteiger charge is 2.26. The maximum atomic E-state index is 13.2. The monoisotopic (exact) mass is 224 g/mol. The summed E-state index contributed by atoms with van der Waals surface area (Å²) in [6.45, 7) is 1.78. The Labute approximate surface area is 92.8 Å². The molecule has 2 rings (SSSR count). The van der Waals surface area contributed by atoms with Gasteiger partial charge in [0.1, 0.15) is 11.9 Å². The van der Waals surface area contributed by atoms with Gasteiger partial charge in [-0.3, -0.25) is 4.79 Å². The molecule has 16 heavy (non-hydrogen) atoms. The Morgan fingerprint density at radius 2 is 2.25 bits per heavy atom. The Bertz CT molecular complexity index is 448. The zero-order valence-corrected chi connectivity index (χ0v) is 9.16. The number of benzene rings is 1. The zero-order valence-electron chi connectivity index (χ0n) is 9.16. The molecule has 0 saturated heterocycles. The first-order chi connectivity index (χ1) is 7.49. The van der Waals surface area contributed by atoms with Gasteiger partial charge in [0.05, 0.1) is 17.8 Å². The van der Waals surface area contributed by atoms with Gasteiger partial charge in [-0.2, -0.15) is 0 Å². The molecule has 0 aliphatic carbocycles. The van der Waals surface area contributed by atoms with E-state index in [0.717, 1.165) is 0 Å². The lowest BCUT2D eigenvalue weighted by molar-refractivity contribution is -0.119. The summed E-state index contributed by atoms with van der Waals surface area (Å²) in [5.41, 5.74) is 6.27. The second-order valence-corrected chi connectivity index (χ2v) is 3.93. The minimum absolute atomic E-state index is 0.115. The van der Waals surface area contributed by atoms with Crippen molar-refractivity contribution in [1.29, 1.82) is 0 Å². The van der Waals surface area contributed by atoms with Gasteiger partial charge in [-0.15, -0.1) is 0 Å². The maximum Gasteiger partial charge on any atom is 0.230 e. The fraction of sp³-hybridized carbons (Fsp3) is 0.364. The van der Waals surface area contributed by atoms with Crippen molar-refractivity contribution in [3.05, 3.63) is 17.9 Å². The van der Waals surface area contributed by atoms with E-state index in [0.29, 0.717) is 11.4 Å². The van der Waals surface area contributed by atoms with Crippen LogP contribution >= 0.6 is 0 Å². The van der Waals surface area contributed by atoms with Crippen molar-refractivity contribution in [2.45, 2.75) is 19.4 Å². The third kappa shape index (κ3) is 1.68. The topological polar surface area (TPSA) is 55.6 Å². The van der Waals surface area contributed by atoms with E-state index in [1.165, 1.54) is 17.0 Å². The van der Waals surface area contributed by atoms with Crippen LogP contribution in [0, 0.1) is 5.82 Å². The second-order valence-electron chi connectivity index (χ2n) is 3.93. The second kappa shape index (κ2) is 3.66. The molecular weight excluding hydrogens is 211 g/mol. The molecule has 5 heteroatoms. The number of nitrogen functional groups attached to an aromatic ring is 1. The van der Waals surface area contributed by atoms with E-state index in [4.69, 9.17) is 10.5 Å². The molecule has 1 aliphatic rings. The maximum absolute atomic E-state index is 13.2. The van der Waals surface area contributed by atoms with E-state index in [-0.39, 0.29) is 24.1 Å². The van der Waals surface area contributed by atoms with Crippen molar-refractivity contribution in [1.82, 2.24) is 0 Å². The van der Waals surface area contributed by atoms with Gasteiger partial charge >= 0.3 is 0 Å². The summed E-state index contributed by atoms with van der Waals surface area (Å²) in [6, 6.07) is 2.44. The van der Waals surface area contributed by atoms with Gasteiger partial charge in [0, 0.05) is 19.2 Å². The van der Waals surface area contributed by atoms with Crippen LogP contribution in [-0.4, -0.2) is 19.1 Å². The number of fused-ring (bicyclic) bond motifs is 1. The van der Waals surface area contributed by atoms with E-state index in [9.17, 15) is 9.18 Å². The van der Waals surface area contributed by atoms with Crippen LogP contribution in [0.15, 0.2) is 12.1 Å². The number of carbonyl (C=O) groups is 1. The lowest BCUT2D eigenvalue weighted by Gasteiger charge is -2.17. The van der Waals surface area contributed by atoms with Crippen molar-refractivity contribution in [3.63, 3.8) is 0 Å². The number of ether oxygens (including phenoxy) is 1. The smallest absolute Gasteiger partial charge is 0.230 e. The first kappa shape index (κ1) is 10.7. The van der Waals surface area contributed by atoms with Gasteiger partial charge in [0.25, 0.3) is 0 Å². The molecule has 0 aromatic heterocycles. The van der Waals surface area contributed by atoms with Gasteiger partial charge in [0.2, 0.25) is 5.91 Å². The summed E-state index contributed by atoms with van der Waals surface area (Å²) in [5, 5.41) is 0. The van der Waals surface area contributed by atoms with Crippen LogP contribution < -0.4 is 15.4 Å². The molecule has 1 aromatic rings. The summed E-state index contributed by atoms with van der Waals surface area (Å²) in [4.78, 5) is 13.1. The van der Waals surface area contributed by atoms with E-state index in [2.05, 4.69) is 0 Å². The minimum atomic E-state index is -0.478. The number of amides is 1. The zero-order chi connectivity index (χ0) is 11.9. The molecule has 4 nitrogen and oxygen atoms in total. The van der Waals surface area contributed by atoms with Crippen LogP contribution in [0.2, 0.25) is 0 Å². The van der Waals surface area contributed by atoms with Gasteiger partial charge < -0.3 is 15.4 Å². The number of anilines is 2. The summed E-state index contributed by atoms with van der Waals surface area (Å²) in [5.74, 6) is -0.215. The summed E-state index contributed by atoms with van der Waals surface area (Å²) >= 11 is 0. The van der Waals surface area contributed by atoms with Crippen LogP contribution in [0.1, 0.15) is 13.3 Å². The molecule has 2 N–H and O–H groups in total.